The maximum absolute atomic E-state index is 13.8. The molecule has 2 rings (SSSR count). The maximum Gasteiger partial charge on any atom is 0.126 e. The lowest BCUT2D eigenvalue weighted by atomic mass is 10.0. The summed E-state index contributed by atoms with van der Waals surface area (Å²) in [6, 6.07) is 3.46. The van der Waals surface area contributed by atoms with Gasteiger partial charge in [-0.25, -0.2) is 4.39 Å². The van der Waals surface area contributed by atoms with E-state index in [9.17, 15) is 4.39 Å². The lowest BCUT2D eigenvalue weighted by Gasteiger charge is -2.30. The van der Waals surface area contributed by atoms with Gasteiger partial charge in [0.2, 0.25) is 0 Å². The Morgan fingerprint density at radius 3 is 2.26 bits per heavy atom. The predicted octanol–water partition coefficient (Wildman–Crippen LogP) is 3.92. The van der Waals surface area contributed by atoms with E-state index in [0.717, 1.165) is 24.3 Å². The van der Waals surface area contributed by atoms with Crippen molar-refractivity contribution in [2.45, 2.75) is 52.0 Å². The second kappa shape index (κ2) is 6.38. The topological polar surface area (TPSA) is 29.3 Å². The van der Waals surface area contributed by atoms with Gasteiger partial charge in [0.1, 0.15) is 5.82 Å². The van der Waals surface area contributed by atoms with E-state index in [-0.39, 0.29) is 11.9 Å². The Morgan fingerprint density at radius 2 is 1.68 bits per heavy atom. The molecule has 2 N–H and O–H groups in total. The zero-order valence-electron chi connectivity index (χ0n) is 12.1. The highest BCUT2D eigenvalue weighted by molar-refractivity contribution is 5.57. The third kappa shape index (κ3) is 3.47. The van der Waals surface area contributed by atoms with Gasteiger partial charge in [-0.2, -0.15) is 0 Å². The van der Waals surface area contributed by atoms with Gasteiger partial charge in [0, 0.05) is 24.8 Å². The van der Waals surface area contributed by atoms with E-state index in [1.54, 1.807) is 6.07 Å². The molecular weight excluding hydrogens is 239 g/mol. The number of nitrogens with zero attached hydrogens (tertiary/aromatic N) is 1. The van der Waals surface area contributed by atoms with Crippen molar-refractivity contribution in [1.29, 1.82) is 0 Å². The molecule has 0 unspecified atom stereocenters. The van der Waals surface area contributed by atoms with Crippen molar-refractivity contribution in [3.05, 3.63) is 29.1 Å². The number of nitrogens with two attached hydrogens (primary N) is 1. The molecule has 0 radical (unpaired) electrons. The van der Waals surface area contributed by atoms with Crippen LogP contribution in [0.15, 0.2) is 12.1 Å². The molecule has 1 aliphatic heterocycles. The fraction of sp³-hybridized carbons (Fsp3) is 0.625. The zero-order chi connectivity index (χ0) is 13.8. The van der Waals surface area contributed by atoms with E-state index in [1.165, 1.54) is 32.1 Å². The van der Waals surface area contributed by atoms with Gasteiger partial charge in [-0.15, -0.1) is 0 Å². The quantitative estimate of drug-likeness (QED) is 0.877. The molecule has 0 bridgehead atoms. The highest BCUT2D eigenvalue weighted by atomic mass is 19.1. The van der Waals surface area contributed by atoms with Crippen LogP contribution in [-0.2, 0) is 0 Å². The summed E-state index contributed by atoms with van der Waals surface area (Å²) in [5, 5.41) is 0. The molecule has 0 saturated carbocycles. The number of benzene rings is 1. The predicted molar refractivity (Wildman–Crippen MR) is 79.0 cm³/mol. The molecule has 1 atom stereocenters. The summed E-state index contributed by atoms with van der Waals surface area (Å²) in [6.45, 7) is 5.88. The first-order chi connectivity index (χ1) is 9.09. The molecule has 19 heavy (non-hydrogen) atoms. The number of aryl methyl sites for hydroxylation is 1. The average molecular weight is 264 g/mol. The molecule has 1 aromatic rings. The van der Waals surface area contributed by atoms with Crippen molar-refractivity contribution in [1.82, 2.24) is 0 Å². The number of hydrogen-bond donors (Lipinski definition) is 1. The lowest BCUT2D eigenvalue weighted by Crippen LogP contribution is -2.29. The van der Waals surface area contributed by atoms with Crippen LogP contribution in [0, 0.1) is 12.7 Å². The van der Waals surface area contributed by atoms with Gasteiger partial charge >= 0.3 is 0 Å². The molecule has 1 heterocycles. The molecule has 2 nitrogen and oxygen atoms in total. The highest BCUT2D eigenvalue weighted by Gasteiger charge is 2.17. The monoisotopic (exact) mass is 264 g/mol. The second-order valence-electron chi connectivity index (χ2n) is 5.70. The van der Waals surface area contributed by atoms with Crippen molar-refractivity contribution in [3.8, 4) is 0 Å². The Morgan fingerprint density at radius 1 is 1.11 bits per heavy atom. The number of hydrogen-bond acceptors (Lipinski definition) is 2. The highest BCUT2D eigenvalue weighted by Crippen LogP contribution is 2.29. The Bertz CT molecular complexity index is 421. The van der Waals surface area contributed by atoms with Gasteiger partial charge in [-0.1, -0.05) is 19.3 Å². The zero-order valence-corrected chi connectivity index (χ0v) is 12.1. The summed E-state index contributed by atoms with van der Waals surface area (Å²) < 4.78 is 13.8. The van der Waals surface area contributed by atoms with Crippen LogP contribution < -0.4 is 10.6 Å². The van der Waals surface area contributed by atoms with Crippen LogP contribution in [0.1, 0.15) is 56.2 Å². The van der Waals surface area contributed by atoms with Gasteiger partial charge in [0.25, 0.3) is 0 Å². The summed E-state index contributed by atoms with van der Waals surface area (Å²) in [5.41, 5.74) is 8.80. The SMILES string of the molecule is Cc1cc(N2CCCCCCC2)c([C@H](C)N)cc1F. The summed E-state index contributed by atoms with van der Waals surface area (Å²) in [4.78, 5) is 2.39. The normalized spacial score (nSPS) is 18.8. The maximum atomic E-state index is 13.8. The molecule has 106 valence electrons. The van der Waals surface area contributed by atoms with E-state index in [4.69, 9.17) is 5.73 Å². The fourth-order valence-corrected chi connectivity index (χ4v) is 2.81. The Hall–Kier alpha value is -1.09. The minimum atomic E-state index is -0.150. The van der Waals surface area contributed by atoms with Crippen LogP contribution in [0.25, 0.3) is 0 Å². The standard InChI is InChI=1S/C16H25FN2/c1-12-10-16(14(13(2)18)11-15(12)17)19-8-6-4-3-5-7-9-19/h10-11,13H,3-9,18H2,1-2H3/t13-/m0/s1. The Labute approximate surface area is 115 Å². The Kier molecular flexibility index (Phi) is 4.81. The Balaban J connectivity index is 2.32. The van der Waals surface area contributed by atoms with Crippen molar-refractivity contribution in [2.75, 3.05) is 18.0 Å². The van der Waals surface area contributed by atoms with Gasteiger partial charge in [0.15, 0.2) is 0 Å². The lowest BCUT2D eigenvalue weighted by molar-refractivity contribution is 0.553. The van der Waals surface area contributed by atoms with Crippen LogP contribution in [0.2, 0.25) is 0 Å². The van der Waals surface area contributed by atoms with Crippen LogP contribution in [-0.4, -0.2) is 13.1 Å². The van der Waals surface area contributed by atoms with E-state index >= 15 is 0 Å². The van der Waals surface area contributed by atoms with Crippen LogP contribution in [0.4, 0.5) is 10.1 Å². The third-order valence-electron chi connectivity index (χ3n) is 4.00. The number of anilines is 1. The van der Waals surface area contributed by atoms with Gasteiger partial charge < -0.3 is 10.6 Å². The number of rotatable bonds is 2. The fourth-order valence-electron chi connectivity index (χ4n) is 2.81. The first-order valence-corrected chi connectivity index (χ1v) is 7.40. The van der Waals surface area contributed by atoms with E-state index in [0.29, 0.717) is 5.56 Å². The van der Waals surface area contributed by atoms with Crippen molar-refractivity contribution < 1.29 is 4.39 Å². The minimum Gasteiger partial charge on any atom is -0.371 e. The first-order valence-electron chi connectivity index (χ1n) is 7.40. The smallest absolute Gasteiger partial charge is 0.126 e. The molecule has 0 aliphatic carbocycles. The summed E-state index contributed by atoms with van der Waals surface area (Å²) >= 11 is 0. The molecule has 0 aromatic heterocycles. The van der Waals surface area contributed by atoms with Crippen molar-refractivity contribution in [3.63, 3.8) is 0 Å². The van der Waals surface area contributed by atoms with Crippen molar-refractivity contribution in [2.24, 2.45) is 5.73 Å². The molecule has 0 spiro atoms. The number of halogens is 1. The summed E-state index contributed by atoms with van der Waals surface area (Å²) in [7, 11) is 0. The summed E-state index contributed by atoms with van der Waals surface area (Å²) in [5.74, 6) is -0.150. The van der Waals surface area contributed by atoms with E-state index in [1.807, 2.05) is 19.9 Å². The van der Waals surface area contributed by atoms with Gasteiger partial charge in [-0.05, 0) is 49.9 Å². The minimum absolute atomic E-state index is 0.129. The van der Waals surface area contributed by atoms with Crippen LogP contribution in [0.5, 0.6) is 0 Å². The first kappa shape index (κ1) is 14.3. The largest absolute Gasteiger partial charge is 0.371 e. The molecule has 1 aromatic carbocycles. The van der Waals surface area contributed by atoms with Gasteiger partial charge in [-0.3, -0.25) is 0 Å². The molecular formula is C16H25FN2. The van der Waals surface area contributed by atoms with Crippen LogP contribution in [0.3, 0.4) is 0 Å². The molecule has 1 saturated heterocycles. The van der Waals surface area contributed by atoms with Gasteiger partial charge in [0.05, 0.1) is 0 Å². The van der Waals surface area contributed by atoms with Crippen molar-refractivity contribution >= 4 is 5.69 Å². The third-order valence-corrected chi connectivity index (χ3v) is 4.00. The molecule has 0 amide bonds. The molecule has 1 fully saturated rings. The molecule has 3 heteroatoms. The summed E-state index contributed by atoms with van der Waals surface area (Å²) in [6.07, 6.45) is 6.37. The molecule has 1 aliphatic rings. The van der Waals surface area contributed by atoms with Crippen LogP contribution >= 0.6 is 0 Å². The van der Waals surface area contributed by atoms with E-state index < -0.39 is 0 Å². The van der Waals surface area contributed by atoms with E-state index in [2.05, 4.69) is 4.90 Å². The second-order valence-corrected chi connectivity index (χ2v) is 5.70. The average Bonchev–Trinajstić information content (AvgIpc) is 2.32.